The molecule has 0 saturated carbocycles. The van der Waals surface area contributed by atoms with E-state index < -0.39 is 0 Å². The fourth-order valence-electron chi connectivity index (χ4n) is 2.53. The van der Waals surface area contributed by atoms with Crippen molar-refractivity contribution in [3.63, 3.8) is 0 Å². The lowest BCUT2D eigenvalue weighted by Crippen LogP contribution is -2.63. The molecule has 4 nitrogen and oxygen atoms in total. The predicted octanol–water partition coefficient (Wildman–Crippen LogP) is 0.254. The van der Waals surface area contributed by atoms with Crippen molar-refractivity contribution in [3.8, 4) is 0 Å². The number of piperazine rings is 3. The zero-order chi connectivity index (χ0) is 11.0. The van der Waals surface area contributed by atoms with E-state index in [1.165, 1.54) is 0 Å². The van der Waals surface area contributed by atoms with Crippen molar-refractivity contribution < 1.29 is 4.79 Å². The highest BCUT2D eigenvalue weighted by Crippen LogP contribution is 2.18. The van der Waals surface area contributed by atoms with Gasteiger partial charge in [-0.3, -0.25) is 14.6 Å². The number of carbonyl (C=O) groups excluding carboxylic acids is 1. The minimum atomic E-state index is 0.117. The molecule has 1 unspecified atom stereocenters. The summed E-state index contributed by atoms with van der Waals surface area (Å²) in [5.41, 5.74) is 0. The summed E-state index contributed by atoms with van der Waals surface area (Å²) in [5.74, 6) is 0.333. The van der Waals surface area contributed by atoms with E-state index >= 15 is 0 Å². The van der Waals surface area contributed by atoms with Gasteiger partial charge in [0.1, 0.15) is 0 Å². The van der Waals surface area contributed by atoms with Crippen molar-refractivity contribution in [1.82, 2.24) is 14.8 Å². The second-order valence-corrected chi connectivity index (χ2v) is 5.40. The van der Waals surface area contributed by atoms with Gasteiger partial charge in [-0.2, -0.15) is 0 Å². The van der Waals surface area contributed by atoms with E-state index in [0.717, 1.165) is 37.7 Å². The minimum Gasteiger partial charge on any atom is -0.299 e. The summed E-state index contributed by atoms with van der Waals surface area (Å²) >= 11 is 1.57. The van der Waals surface area contributed by atoms with Crippen molar-refractivity contribution in [2.45, 2.75) is 12.5 Å². The highest BCUT2D eigenvalue weighted by atomic mass is 32.1. The number of carbonyl (C=O) groups is 1. The summed E-state index contributed by atoms with van der Waals surface area (Å²) in [6.45, 7) is 5.27. The zero-order valence-corrected chi connectivity index (χ0v) is 9.95. The number of thiazole rings is 1. The average Bonchev–Trinajstić information content (AvgIpc) is 2.83. The van der Waals surface area contributed by atoms with Gasteiger partial charge in [0.25, 0.3) is 0 Å². The molecular formula is C11H15N3OS. The molecule has 16 heavy (non-hydrogen) atoms. The minimum absolute atomic E-state index is 0.117. The normalized spacial score (nSPS) is 32.9. The Morgan fingerprint density at radius 1 is 1.44 bits per heavy atom. The van der Waals surface area contributed by atoms with Crippen LogP contribution in [0.25, 0.3) is 0 Å². The highest BCUT2D eigenvalue weighted by molar-refractivity contribution is 7.09. The average molecular weight is 237 g/mol. The number of rotatable bonds is 3. The van der Waals surface area contributed by atoms with Gasteiger partial charge in [0.05, 0.1) is 17.5 Å². The van der Waals surface area contributed by atoms with Crippen LogP contribution in [0.15, 0.2) is 11.6 Å². The molecule has 4 heterocycles. The summed E-state index contributed by atoms with van der Waals surface area (Å²) in [5, 5.41) is 2.88. The van der Waals surface area contributed by atoms with Gasteiger partial charge in [-0.1, -0.05) is 0 Å². The van der Waals surface area contributed by atoms with Gasteiger partial charge >= 0.3 is 0 Å². The monoisotopic (exact) mass is 237 g/mol. The van der Waals surface area contributed by atoms with Gasteiger partial charge in [0.2, 0.25) is 0 Å². The van der Waals surface area contributed by atoms with Crippen molar-refractivity contribution >= 4 is 17.1 Å². The Morgan fingerprint density at radius 2 is 2.25 bits per heavy atom. The van der Waals surface area contributed by atoms with Crippen LogP contribution in [-0.2, 0) is 11.2 Å². The van der Waals surface area contributed by atoms with E-state index in [1.54, 1.807) is 17.5 Å². The molecule has 2 bridgehead atoms. The van der Waals surface area contributed by atoms with Crippen LogP contribution in [-0.4, -0.2) is 59.3 Å². The van der Waals surface area contributed by atoms with E-state index in [4.69, 9.17) is 0 Å². The Balaban J connectivity index is 1.67. The Labute approximate surface area is 98.9 Å². The molecule has 0 spiro atoms. The summed E-state index contributed by atoms with van der Waals surface area (Å²) in [6, 6.07) is 0.117. The summed E-state index contributed by atoms with van der Waals surface area (Å²) in [6.07, 6.45) is 2.27. The quantitative estimate of drug-likeness (QED) is 0.755. The maximum atomic E-state index is 12.2. The van der Waals surface area contributed by atoms with Gasteiger partial charge in [0.15, 0.2) is 5.78 Å². The number of hydrogen-bond acceptors (Lipinski definition) is 5. The first-order valence-corrected chi connectivity index (χ1v) is 6.58. The lowest BCUT2D eigenvalue weighted by atomic mass is 10.0. The SMILES string of the molecule is O=C(Cc1nccs1)C1CN2CCN1CC2. The lowest BCUT2D eigenvalue weighted by molar-refractivity contribution is -0.128. The van der Waals surface area contributed by atoms with Crippen LogP contribution in [0.5, 0.6) is 0 Å². The van der Waals surface area contributed by atoms with Crippen LogP contribution in [0, 0.1) is 0 Å². The molecule has 86 valence electrons. The van der Waals surface area contributed by atoms with Crippen molar-refractivity contribution in [2.24, 2.45) is 0 Å². The van der Waals surface area contributed by atoms with Gasteiger partial charge in [0, 0.05) is 44.3 Å². The molecule has 1 aromatic rings. The number of ketones is 1. The van der Waals surface area contributed by atoms with Gasteiger partial charge in [-0.15, -0.1) is 11.3 Å². The third-order valence-corrected chi connectivity index (χ3v) is 4.24. The van der Waals surface area contributed by atoms with Crippen LogP contribution in [0.3, 0.4) is 0 Å². The molecule has 3 fully saturated rings. The summed E-state index contributed by atoms with van der Waals surface area (Å²) < 4.78 is 0. The van der Waals surface area contributed by atoms with Crippen LogP contribution >= 0.6 is 11.3 Å². The van der Waals surface area contributed by atoms with E-state index in [0.29, 0.717) is 12.2 Å². The maximum absolute atomic E-state index is 12.2. The third kappa shape index (κ3) is 1.90. The molecule has 0 amide bonds. The Bertz CT molecular complexity index is 371. The fraction of sp³-hybridized carbons (Fsp3) is 0.636. The molecule has 0 aliphatic carbocycles. The summed E-state index contributed by atoms with van der Waals surface area (Å²) in [7, 11) is 0. The smallest absolute Gasteiger partial charge is 0.158 e. The van der Waals surface area contributed by atoms with Crippen LogP contribution < -0.4 is 0 Å². The number of fused-ring (bicyclic) bond motifs is 3. The lowest BCUT2D eigenvalue weighted by Gasteiger charge is -2.46. The molecular weight excluding hydrogens is 222 g/mol. The molecule has 3 saturated heterocycles. The first-order chi connectivity index (χ1) is 7.83. The molecule has 0 N–H and O–H groups in total. The van der Waals surface area contributed by atoms with Gasteiger partial charge in [-0.25, -0.2) is 4.98 Å². The third-order valence-electron chi connectivity index (χ3n) is 3.46. The van der Waals surface area contributed by atoms with E-state index in [9.17, 15) is 4.79 Å². The van der Waals surface area contributed by atoms with Gasteiger partial charge in [-0.05, 0) is 0 Å². The molecule has 0 aromatic carbocycles. The molecule has 3 aliphatic rings. The maximum Gasteiger partial charge on any atom is 0.158 e. The molecule has 4 rings (SSSR count). The highest BCUT2D eigenvalue weighted by Gasteiger charge is 2.35. The molecule has 5 heteroatoms. The molecule has 1 aromatic heterocycles. The molecule has 1 atom stereocenters. The van der Waals surface area contributed by atoms with Crippen molar-refractivity contribution in [2.75, 3.05) is 32.7 Å². The van der Waals surface area contributed by atoms with Crippen LogP contribution in [0.4, 0.5) is 0 Å². The Hall–Kier alpha value is -0.780. The van der Waals surface area contributed by atoms with E-state index in [2.05, 4.69) is 14.8 Å². The zero-order valence-electron chi connectivity index (χ0n) is 9.13. The van der Waals surface area contributed by atoms with Crippen molar-refractivity contribution in [1.29, 1.82) is 0 Å². The summed E-state index contributed by atoms with van der Waals surface area (Å²) in [4.78, 5) is 21.1. The molecule has 3 aliphatic heterocycles. The first-order valence-electron chi connectivity index (χ1n) is 5.70. The molecule has 0 radical (unpaired) electrons. The Kier molecular flexibility index (Phi) is 2.75. The number of nitrogens with zero attached hydrogens (tertiary/aromatic N) is 3. The van der Waals surface area contributed by atoms with E-state index in [1.807, 2.05) is 5.38 Å². The predicted molar refractivity (Wildman–Crippen MR) is 62.6 cm³/mol. The topological polar surface area (TPSA) is 36.4 Å². The number of aromatic nitrogens is 1. The first kappa shape index (κ1) is 10.4. The largest absolute Gasteiger partial charge is 0.299 e. The Morgan fingerprint density at radius 3 is 2.81 bits per heavy atom. The van der Waals surface area contributed by atoms with Crippen molar-refractivity contribution in [3.05, 3.63) is 16.6 Å². The second-order valence-electron chi connectivity index (χ2n) is 4.42. The van der Waals surface area contributed by atoms with Crippen LogP contribution in [0.2, 0.25) is 0 Å². The standard InChI is InChI=1S/C11H15N3OS/c15-10(7-11-12-1-6-16-11)9-8-13-2-4-14(9)5-3-13/h1,6,9H,2-5,7-8H2. The van der Waals surface area contributed by atoms with E-state index in [-0.39, 0.29) is 6.04 Å². The second kappa shape index (κ2) is 4.24. The van der Waals surface area contributed by atoms with Gasteiger partial charge < -0.3 is 0 Å². The number of Topliss-reactive ketones (excluding diaryl/α,β-unsaturated/α-hetero) is 1. The number of hydrogen-bond donors (Lipinski definition) is 0. The fourth-order valence-corrected chi connectivity index (χ4v) is 3.16. The van der Waals surface area contributed by atoms with Crippen LogP contribution in [0.1, 0.15) is 5.01 Å².